The van der Waals surface area contributed by atoms with Crippen LogP contribution in [0.3, 0.4) is 0 Å². The summed E-state index contributed by atoms with van der Waals surface area (Å²) in [7, 11) is 0. The van der Waals surface area contributed by atoms with Crippen molar-refractivity contribution in [3.8, 4) is 0 Å². The van der Waals surface area contributed by atoms with Gasteiger partial charge in [0.1, 0.15) is 13.2 Å². The van der Waals surface area contributed by atoms with E-state index in [1.165, 1.54) is 64.2 Å². The van der Waals surface area contributed by atoms with Crippen LogP contribution >= 0.6 is 0 Å². The van der Waals surface area contributed by atoms with E-state index in [1.807, 2.05) is 0 Å². The lowest BCUT2D eigenvalue weighted by atomic mass is 10.1. The Morgan fingerprint density at radius 3 is 0.929 bits per heavy atom. The summed E-state index contributed by atoms with van der Waals surface area (Å²) in [6, 6.07) is 0. The van der Waals surface area contributed by atoms with E-state index in [0.29, 0.717) is 19.3 Å². The standard InChI is InChI=1S/C64H106O6/c1-4-7-10-13-16-19-22-25-27-29-30-31-32-33-34-35-37-39-42-45-48-51-54-57-63(66)69-60-61(59-68-62(65)56-53-50-47-44-41-38-24-21-18-15-12-9-6-3)70-64(67)58-55-52-49-46-43-40-36-28-26-23-20-17-14-11-8-5-2/h7,10,12,15-16,19-21,23-25,27-28,30-31,33-34,36,61H,4-6,8-9,11,13-14,17-18,22,26,29,32,35,37-60H2,1-3H3/b10-7-,15-12-,19-16-,23-20-,24-21-,27-25-,31-30-,34-33-,36-28-. The maximum Gasteiger partial charge on any atom is 0.306 e. The van der Waals surface area contributed by atoms with Crippen molar-refractivity contribution in [2.24, 2.45) is 0 Å². The van der Waals surface area contributed by atoms with Crippen molar-refractivity contribution in [3.63, 3.8) is 0 Å². The van der Waals surface area contributed by atoms with Gasteiger partial charge in [-0.2, -0.15) is 0 Å². The maximum atomic E-state index is 12.8. The van der Waals surface area contributed by atoms with Gasteiger partial charge in [-0.05, 0) is 122 Å². The van der Waals surface area contributed by atoms with Crippen LogP contribution in [0.25, 0.3) is 0 Å². The van der Waals surface area contributed by atoms with Crippen LogP contribution in [0.15, 0.2) is 109 Å². The monoisotopic (exact) mass is 971 g/mol. The molecule has 0 aromatic carbocycles. The zero-order valence-electron chi connectivity index (χ0n) is 45.5. The number of carbonyl (C=O) groups excluding carboxylic acids is 3. The molecule has 1 unspecified atom stereocenters. The average Bonchev–Trinajstić information content (AvgIpc) is 3.36. The number of hydrogen-bond donors (Lipinski definition) is 0. The molecule has 70 heavy (non-hydrogen) atoms. The predicted molar refractivity (Wildman–Crippen MR) is 302 cm³/mol. The number of carbonyl (C=O) groups is 3. The topological polar surface area (TPSA) is 78.9 Å². The third-order valence-electron chi connectivity index (χ3n) is 12.0. The van der Waals surface area contributed by atoms with Crippen LogP contribution in [0.5, 0.6) is 0 Å². The lowest BCUT2D eigenvalue weighted by Crippen LogP contribution is -2.30. The number of rotatable bonds is 51. The molecule has 398 valence electrons. The van der Waals surface area contributed by atoms with E-state index in [0.717, 1.165) is 154 Å². The van der Waals surface area contributed by atoms with Crippen LogP contribution in [-0.2, 0) is 28.6 Å². The lowest BCUT2D eigenvalue weighted by Gasteiger charge is -2.18. The summed E-state index contributed by atoms with van der Waals surface area (Å²) >= 11 is 0. The van der Waals surface area contributed by atoms with E-state index in [4.69, 9.17) is 14.2 Å². The molecule has 0 fully saturated rings. The van der Waals surface area contributed by atoms with Crippen LogP contribution in [0, 0.1) is 0 Å². The predicted octanol–water partition coefficient (Wildman–Crippen LogP) is 19.5. The van der Waals surface area contributed by atoms with Gasteiger partial charge in [0.2, 0.25) is 0 Å². The number of unbranched alkanes of at least 4 members (excludes halogenated alkanes) is 22. The molecule has 0 N–H and O–H groups in total. The van der Waals surface area contributed by atoms with E-state index in [1.54, 1.807) is 0 Å². The van der Waals surface area contributed by atoms with Crippen molar-refractivity contribution in [1.29, 1.82) is 0 Å². The molecule has 0 heterocycles. The highest BCUT2D eigenvalue weighted by Gasteiger charge is 2.19. The summed E-state index contributed by atoms with van der Waals surface area (Å²) in [5.74, 6) is -0.934. The molecule has 0 saturated heterocycles. The molecule has 6 nitrogen and oxygen atoms in total. The number of ether oxygens (including phenoxy) is 3. The molecule has 6 heteroatoms. The molecule has 0 aliphatic carbocycles. The second-order valence-corrected chi connectivity index (χ2v) is 18.8. The first-order valence-corrected chi connectivity index (χ1v) is 28.9. The molecular formula is C64H106O6. The fraction of sp³-hybridized carbons (Fsp3) is 0.672. The van der Waals surface area contributed by atoms with Gasteiger partial charge in [-0.1, -0.05) is 226 Å². The fourth-order valence-electron chi connectivity index (χ4n) is 7.65. The summed E-state index contributed by atoms with van der Waals surface area (Å²) in [5.41, 5.74) is 0. The van der Waals surface area contributed by atoms with Gasteiger partial charge < -0.3 is 14.2 Å². The second kappa shape index (κ2) is 57.6. The van der Waals surface area contributed by atoms with Crippen molar-refractivity contribution >= 4 is 17.9 Å². The van der Waals surface area contributed by atoms with Crippen LogP contribution < -0.4 is 0 Å². The summed E-state index contributed by atoms with van der Waals surface area (Å²) in [6.07, 6.45) is 77.9. The van der Waals surface area contributed by atoms with Gasteiger partial charge in [0.05, 0.1) is 0 Å². The highest BCUT2D eigenvalue weighted by molar-refractivity contribution is 5.71. The largest absolute Gasteiger partial charge is 0.462 e. The first-order chi connectivity index (χ1) is 34.5. The van der Waals surface area contributed by atoms with Gasteiger partial charge in [-0.3, -0.25) is 14.4 Å². The molecule has 1 atom stereocenters. The zero-order chi connectivity index (χ0) is 50.7. The molecule has 0 saturated carbocycles. The van der Waals surface area contributed by atoms with Gasteiger partial charge in [0.25, 0.3) is 0 Å². The van der Waals surface area contributed by atoms with Crippen LogP contribution in [0.2, 0.25) is 0 Å². The van der Waals surface area contributed by atoms with Crippen molar-refractivity contribution in [2.75, 3.05) is 13.2 Å². The zero-order valence-corrected chi connectivity index (χ0v) is 45.5. The van der Waals surface area contributed by atoms with Crippen molar-refractivity contribution in [3.05, 3.63) is 109 Å². The summed E-state index contributed by atoms with van der Waals surface area (Å²) in [5, 5.41) is 0. The van der Waals surface area contributed by atoms with Crippen LogP contribution in [0.4, 0.5) is 0 Å². The summed E-state index contributed by atoms with van der Waals surface area (Å²) in [6.45, 7) is 6.41. The lowest BCUT2D eigenvalue weighted by molar-refractivity contribution is -0.167. The minimum atomic E-state index is -0.798. The van der Waals surface area contributed by atoms with Crippen LogP contribution in [0.1, 0.15) is 258 Å². The van der Waals surface area contributed by atoms with Crippen LogP contribution in [-0.4, -0.2) is 37.2 Å². The SMILES string of the molecule is CC/C=C\C/C=C\C/C=C\C/C=C\C/C=C\CCCCCCCCCC(=O)OCC(COC(=O)CCCCCCC/C=C\C/C=C\CCC)OC(=O)CCCCCCC/C=C\C/C=C\CCCCCC. The third-order valence-corrected chi connectivity index (χ3v) is 12.0. The molecule has 0 aromatic heterocycles. The number of allylic oxidation sites excluding steroid dienone is 18. The number of esters is 3. The second-order valence-electron chi connectivity index (χ2n) is 18.8. The van der Waals surface area contributed by atoms with Gasteiger partial charge in [0, 0.05) is 19.3 Å². The fourth-order valence-corrected chi connectivity index (χ4v) is 7.65. The number of hydrogen-bond acceptors (Lipinski definition) is 6. The van der Waals surface area contributed by atoms with Crippen molar-refractivity contribution in [1.82, 2.24) is 0 Å². The molecule has 0 aromatic rings. The Morgan fingerprint density at radius 1 is 0.300 bits per heavy atom. The van der Waals surface area contributed by atoms with E-state index >= 15 is 0 Å². The molecule has 0 amide bonds. The Morgan fingerprint density at radius 2 is 0.586 bits per heavy atom. The molecule has 0 aliphatic heterocycles. The smallest absolute Gasteiger partial charge is 0.306 e. The first kappa shape index (κ1) is 66.1. The van der Waals surface area contributed by atoms with Gasteiger partial charge >= 0.3 is 17.9 Å². The van der Waals surface area contributed by atoms with Crippen molar-refractivity contribution in [2.45, 2.75) is 264 Å². The van der Waals surface area contributed by atoms with Gasteiger partial charge in [-0.25, -0.2) is 0 Å². The average molecular weight is 972 g/mol. The Kier molecular flexibility index (Phi) is 54.4. The third kappa shape index (κ3) is 55.0. The van der Waals surface area contributed by atoms with E-state index in [9.17, 15) is 14.4 Å². The normalized spacial score (nSPS) is 12.9. The highest BCUT2D eigenvalue weighted by atomic mass is 16.6. The minimum Gasteiger partial charge on any atom is -0.462 e. The molecule has 0 rings (SSSR count). The Balaban J connectivity index is 4.41. The molecule has 0 aliphatic rings. The quantitative estimate of drug-likeness (QED) is 0.0262. The van der Waals surface area contributed by atoms with Gasteiger partial charge in [0.15, 0.2) is 6.10 Å². The highest BCUT2D eigenvalue weighted by Crippen LogP contribution is 2.14. The Bertz CT molecular complexity index is 1440. The summed E-state index contributed by atoms with van der Waals surface area (Å²) in [4.78, 5) is 38.2. The Labute approximate surface area is 431 Å². The molecular weight excluding hydrogens is 865 g/mol. The molecule has 0 spiro atoms. The first-order valence-electron chi connectivity index (χ1n) is 28.9. The van der Waals surface area contributed by atoms with Gasteiger partial charge in [-0.15, -0.1) is 0 Å². The van der Waals surface area contributed by atoms with E-state index < -0.39 is 6.10 Å². The van der Waals surface area contributed by atoms with Crippen molar-refractivity contribution < 1.29 is 28.6 Å². The molecule has 0 bridgehead atoms. The Hall–Kier alpha value is -3.93. The summed E-state index contributed by atoms with van der Waals surface area (Å²) < 4.78 is 16.8. The van der Waals surface area contributed by atoms with E-state index in [-0.39, 0.29) is 31.1 Å². The minimum absolute atomic E-state index is 0.0958. The van der Waals surface area contributed by atoms with E-state index in [2.05, 4.69) is 130 Å². The molecule has 0 radical (unpaired) electrons. The maximum absolute atomic E-state index is 12.8.